The number of hydrogen-bond donors (Lipinski definition) is 1. The SMILES string of the molecule is Cc1cccc(C(c2cccc(F)c2)N2CCNCC2)c1. The topological polar surface area (TPSA) is 15.3 Å². The second-order valence-electron chi connectivity index (χ2n) is 5.66. The Kier molecular flexibility index (Phi) is 4.32. The van der Waals surface area contributed by atoms with Crippen molar-refractivity contribution in [3.05, 3.63) is 71.0 Å². The van der Waals surface area contributed by atoms with Crippen molar-refractivity contribution in [2.75, 3.05) is 26.2 Å². The molecule has 0 aliphatic carbocycles. The molecule has 2 nitrogen and oxygen atoms in total. The van der Waals surface area contributed by atoms with E-state index in [-0.39, 0.29) is 11.9 Å². The minimum atomic E-state index is -0.166. The van der Waals surface area contributed by atoms with Gasteiger partial charge in [0.25, 0.3) is 0 Å². The monoisotopic (exact) mass is 284 g/mol. The van der Waals surface area contributed by atoms with Crippen molar-refractivity contribution in [1.29, 1.82) is 0 Å². The van der Waals surface area contributed by atoms with Crippen LogP contribution in [0.15, 0.2) is 48.5 Å². The van der Waals surface area contributed by atoms with E-state index in [1.165, 1.54) is 17.2 Å². The van der Waals surface area contributed by atoms with E-state index < -0.39 is 0 Å². The second-order valence-corrected chi connectivity index (χ2v) is 5.66. The Balaban J connectivity index is 2.01. The fraction of sp³-hybridized carbons (Fsp3) is 0.333. The number of piperazine rings is 1. The van der Waals surface area contributed by atoms with Gasteiger partial charge in [-0.25, -0.2) is 4.39 Å². The lowest BCUT2D eigenvalue weighted by Crippen LogP contribution is -2.45. The number of aryl methyl sites for hydroxylation is 1. The molecule has 1 aliphatic rings. The zero-order valence-electron chi connectivity index (χ0n) is 12.3. The third-order valence-corrected chi connectivity index (χ3v) is 4.04. The van der Waals surface area contributed by atoms with Gasteiger partial charge >= 0.3 is 0 Å². The van der Waals surface area contributed by atoms with E-state index in [0.717, 1.165) is 31.7 Å². The highest BCUT2D eigenvalue weighted by atomic mass is 19.1. The summed E-state index contributed by atoms with van der Waals surface area (Å²) in [5.74, 6) is -0.166. The largest absolute Gasteiger partial charge is 0.314 e. The Labute approximate surface area is 125 Å². The van der Waals surface area contributed by atoms with Gasteiger partial charge in [-0.3, -0.25) is 4.90 Å². The van der Waals surface area contributed by atoms with E-state index in [0.29, 0.717) is 0 Å². The molecule has 2 aromatic rings. The van der Waals surface area contributed by atoms with Gasteiger partial charge in [0.15, 0.2) is 0 Å². The van der Waals surface area contributed by atoms with Crippen LogP contribution in [0.2, 0.25) is 0 Å². The van der Waals surface area contributed by atoms with Crippen molar-refractivity contribution in [2.24, 2.45) is 0 Å². The molecular formula is C18H21FN2. The Hall–Kier alpha value is -1.71. The molecule has 1 N–H and O–H groups in total. The smallest absolute Gasteiger partial charge is 0.123 e. The Morgan fingerprint density at radius 2 is 1.67 bits per heavy atom. The van der Waals surface area contributed by atoms with E-state index in [1.807, 2.05) is 6.07 Å². The summed E-state index contributed by atoms with van der Waals surface area (Å²) in [5, 5.41) is 3.38. The fourth-order valence-corrected chi connectivity index (χ4v) is 3.07. The highest BCUT2D eigenvalue weighted by molar-refractivity contribution is 5.34. The van der Waals surface area contributed by atoms with Crippen molar-refractivity contribution >= 4 is 0 Å². The van der Waals surface area contributed by atoms with Gasteiger partial charge in [-0.15, -0.1) is 0 Å². The van der Waals surface area contributed by atoms with Crippen LogP contribution in [-0.2, 0) is 0 Å². The van der Waals surface area contributed by atoms with Crippen molar-refractivity contribution in [2.45, 2.75) is 13.0 Å². The van der Waals surface area contributed by atoms with Crippen molar-refractivity contribution in [3.8, 4) is 0 Å². The van der Waals surface area contributed by atoms with Gasteiger partial charge in [-0.2, -0.15) is 0 Å². The Morgan fingerprint density at radius 1 is 1.00 bits per heavy atom. The van der Waals surface area contributed by atoms with E-state index >= 15 is 0 Å². The van der Waals surface area contributed by atoms with Crippen LogP contribution in [0.4, 0.5) is 4.39 Å². The quantitative estimate of drug-likeness (QED) is 0.931. The minimum absolute atomic E-state index is 0.127. The first-order valence-electron chi connectivity index (χ1n) is 7.51. The molecule has 1 atom stereocenters. The van der Waals surface area contributed by atoms with Crippen LogP contribution in [0.3, 0.4) is 0 Å². The molecule has 0 aromatic heterocycles. The number of halogens is 1. The van der Waals surface area contributed by atoms with Gasteiger partial charge in [0.1, 0.15) is 5.82 Å². The summed E-state index contributed by atoms with van der Waals surface area (Å²) in [7, 11) is 0. The van der Waals surface area contributed by atoms with Crippen LogP contribution in [0.25, 0.3) is 0 Å². The van der Waals surface area contributed by atoms with E-state index in [4.69, 9.17) is 0 Å². The molecule has 110 valence electrons. The number of nitrogens with one attached hydrogen (secondary N) is 1. The first-order chi connectivity index (χ1) is 10.2. The maximum atomic E-state index is 13.7. The van der Waals surface area contributed by atoms with Gasteiger partial charge in [-0.1, -0.05) is 42.0 Å². The number of hydrogen-bond acceptors (Lipinski definition) is 2. The zero-order valence-corrected chi connectivity index (χ0v) is 12.3. The lowest BCUT2D eigenvalue weighted by Gasteiger charge is -2.35. The van der Waals surface area contributed by atoms with Gasteiger partial charge in [0.2, 0.25) is 0 Å². The highest BCUT2D eigenvalue weighted by Gasteiger charge is 2.24. The van der Waals surface area contributed by atoms with Crippen LogP contribution >= 0.6 is 0 Å². The predicted octanol–water partition coefficient (Wildman–Crippen LogP) is 3.13. The van der Waals surface area contributed by atoms with Crippen LogP contribution in [-0.4, -0.2) is 31.1 Å². The lowest BCUT2D eigenvalue weighted by atomic mass is 9.95. The highest BCUT2D eigenvalue weighted by Crippen LogP contribution is 2.29. The fourth-order valence-electron chi connectivity index (χ4n) is 3.07. The summed E-state index contributed by atoms with van der Waals surface area (Å²) >= 11 is 0. The zero-order chi connectivity index (χ0) is 14.7. The third kappa shape index (κ3) is 3.31. The van der Waals surface area contributed by atoms with Gasteiger partial charge in [-0.05, 0) is 30.2 Å². The number of rotatable bonds is 3. The summed E-state index contributed by atoms with van der Waals surface area (Å²) < 4.78 is 13.7. The maximum absolute atomic E-state index is 13.7. The van der Waals surface area contributed by atoms with Gasteiger partial charge in [0, 0.05) is 26.2 Å². The van der Waals surface area contributed by atoms with Gasteiger partial charge in [0.05, 0.1) is 6.04 Å². The molecule has 21 heavy (non-hydrogen) atoms. The molecule has 1 fully saturated rings. The van der Waals surface area contributed by atoms with Crippen LogP contribution in [0.5, 0.6) is 0 Å². The third-order valence-electron chi connectivity index (χ3n) is 4.04. The molecule has 1 aliphatic heterocycles. The molecule has 1 saturated heterocycles. The van der Waals surface area contributed by atoms with Crippen molar-refractivity contribution in [3.63, 3.8) is 0 Å². The normalized spacial score (nSPS) is 17.6. The molecule has 3 rings (SSSR count). The van der Waals surface area contributed by atoms with Crippen LogP contribution in [0, 0.1) is 12.7 Å². The summed E-state index contributed by atoms with van der Waals surface area (Å²) in [6.07, 6.45) is 0. The molecule has 0 spiro atoms. The molecule has 0 saturated carbocycles. The average molecular weight is 284 g/mol. The molecule has 3 heteroatoms. The minimum Gasteiger partial charge on any atom is -0.314 e. The first kappa shape index (κ1) is 14.2. The maximum Gasteiger partial charge on any atom is 0.123 e. The predicted molar refractivity (Wildman–Crippen MR) is 83.9 cm³/mol. The number of benzene rings is 2. The van der Waals surface area contributed by atoms with Crippen LogP contribution in [0.1, 0.15) is 22.7 Å². The standard InChI is InChI=1S/C18H21FN2/c1-14-4-2-5-15(12-14)18(21-10-8-20-9-11-21)16-6-3-7-17(19)13-16/h2-7,12-13,18,20H,8-11H2,1H3. The molecule has 1 unspecified atom stereocenters. The molecular weight excluding hydrogens is 263 g/mol. The molecule has 0 amide bonds. The first-order valence-corrected chi connectivity index (χ1v) is 7.51. The van der Waals surface area contributed by atoms with E-state index in [1.54, 1.807) is 12.1 Å². The lowest BCUT2D eigenvalue weighted by molar-refractivity contribution is 0.198. The average Bonchev–Trinajstić information content (AvgIpc) is 2.49. The molecule has 2 aromatic carbocycles. The van der Waals surface area contributed by atoms with Crippen molar-refractivity contribution < 1.29 is 4.39 Å². The summed E-state index contributed by atoms with van der Waals surface area (Å²) in [6, 6.07) is 15.7. The Morgan fingerprint density at radius 3 is 2.33 bits per heavy atom. The summed E-state index contributed by atoms with van der Waals surface area (Å²) in [6.45, 7) is 6.03. The van der Waals surface area contributed by atoms with Gasteiger partial charge < -0.3 is 5.32 Å². The second kappa shape index (κ2) is 6.37. The molecule has 0 bridgehead atoms. The molecule has 0 radical (unpaired) electrons. The van der Waals surface area contributed by atoms with E-state index in [2.05, 4.69) is 41.4 Å². The summed E-state index contributed by atoms with van der Waals surface area (Å²) in [4.78, 5) is 2.43. The number of nitrogens with zero attached hydrogens (tertiary/aromatic N) is 1. The van der Waals surface area contributed by atoms with Crippen molar-refractivity contribution in [1.82, 2.24) is 10.2 Å². The van der Waals surface area contributed by atoms with Crippen LogP contribution < -0.4 is 5.32 Å². The Bertz CT molecular complexity index is 560. The van der Waals surface area contributed by atoms with E-state index in [9.17, 15) is 4.39 Å². The molecule has 1 heterocycles. The summed E-state index contributed by atoms with van der Waals surface area (Å²) in [5.41, 5.74) is 3.51.